The average molecular weight is 381 g/mol. The Morgan fingerprint density at radius 3 is 2.86 bits per heavy atom. The molecular weight excluding hydrogens is 354 g/mol. The Bertz CT molecular complexity index is 920. The zero-order chi connectivity index (χ0) is 19.8. The van der Waals surface area contributed by atoms with E-state index in [0.717, 1.165) is 35.3 Å². The summed E-state index contributed by atoms with van der Waals surface area (Å²) in [7, 11) is 1.64. The van der Waals surface area contributed by atoms with Crippen LogP contribution in [0.25, 0.3) is 11.0 Å². The van der Waals surface area contributed by atoms with E-state index in [1.807, 2.05) is 55.5 Å². The Hall–Kier alpha value is -2.86. The normalized spacial score (nSPS) is 10.9. The number of methoxy groups -OCH3 is 1. The van der Waals surface area contributed by atoms with E-state index in [1.165, 1.54) is 0 Å². The second kappa shape index (κ2) is 9.90. The first-order valence-electron chi connectivity index (χ1n) is 9.67. The maximum Gasteiger partial charge on any atom is 0.227 e. The minimum atomic E-state index is -0.0517. The van der Waals surface area contributed by atoms with Crippen LogP contribution in [0.5, 0.6) is 5.75 Å². The number of hydrogen-bond acceptors (Lipinski definition) is 4. The van der Waals surface area contributed by atoms with Gasteiger partial charge in [-0.1, -0.05) is 24.3 Å². The molecule has 0 aliphatic carbocycles. The fraction of sp³-hybridized carbons (Fsp3) is 0.364. The van der Waals surface area contributed by atoms with Crippen molar-refractivity contribution in [3.63, 3.8) is 0 Å². The Balaban J connectivity index is 1.67. The number of hydrogen-bond donors (Lipinski definition) is 1. The molecule has 1 aromatic heterocycles. The lowest BCUT2D eigenvalue weighted by atomic mass is 10.1. The molecule has 1 N–H and O–H groups in total. The maximum atomic E-state index is 12.5. The molecule has 0 radical (unpaired) electrons. The first kappa shape index (κ1) is 19.9. The van der Waals surface area contributed by atoms with E-state index in [-0.39, 0.29) is 5.91 Å². The number of anilines is 1. The first-order valence-corrected chi connectivity index (χ1v) is 9.67. The lowest BCUT2D eigenvalue weighted by Gasteiger charge is -2.10. The van der Waals surface area contributed by atoms with Crippen molar-refractivity contribution in [3.05, 3.63) is 54.1 Å². The number of benzene rings is 2. The zero-order valence-corrected chi connectivity index (χ0v) is 16.5. The van der Waals surface area contributed by atoms with E-state index in [9.17, 15) is 4.79 Å². The van der Waals surface area contributed by atoms with E-state index in [2.05, 4.69) is 14.9 Å². The molecule has 1 heterocycles. The van der Waals surface area contributed by atoms with Gasteiger partial charge in [0.1, 0.15) is 5.75 Å². The van der Waals surface area contributed by atoms with Gasteiger partial charge in [-0.15, -0.1) is 0 Å². The number of rotatable bonds is 10. The summed E-state index contributed by atoms with van der Waals surface area (Å²) in [4.78, 5) is 17.1. The molecular formula is C22H27N3O3. The van der Waals surface area contributed by atoms with Gasteiger partial charge >= 0.3 is 0 Å². The summed E-state index contributed by atoms with van der Waals surface area (Å²) in [5.74, 6) is 1.34. The van der Waals surface area contributed by atoms with E-state index in [1.54, 1.807) is 7.11 Å². The van der Waals surface area contributed by atoms with Crippen LogP contribution in [0.2, 0.25) is 0 Å². The molecule has 0 unspecified atom stereocenters. The third-order valence-electron chi connectivity index (χ3n) is 4.56. The van der Waals surface area contributed by atoms with Gasteiger partial charge < -0.3 is 14.0 Å². The second-order valence-corrected chi connectivity index (χ2v) is 6.53. The number of para-hydroxylation sites is 2. The minimum absolute atomic E-state index is 0.0517. The van der Waals surface area contributed by atoms with Crippen LogP contribution in [0.3, 0.4) is 0 Å². The Kier molecular flexibility index (Phi) is 7.03. The summed E-state index contributed by atoms with van der Waals surface area (Å²) in [6.45, 7) is 4.12. The largest absolute Gasteiger partial charge is 0.497 e. The number of ether oxygens (including phenoxy) is 2. The standard InChI is InChI=1S/C22H27N3O3/c1-3-28-15-7-14-25-20-11-5-4-10-19(20)23-22(25)24-21(26)13-12-17-8-6-9-18(16-17)27-2/h4-6,8-11,16H,3,7,12-15H2,1-2H3,(H,23,24,26). The van der Waals surface area contributed by atoms with E-state index in [0.29, 0.717) is 32.0 Å². The van der Waals surface area contributed by atoms with E-state index >= 15 is 0 Å². The predicted octanol–water partition coefficient (Wildman–Crippen LogP) is 4.04. The molecule has 3 aromatic rings. The Morgan fingerprint density at radius 2 is 2.04 bits per heavy atom. The minimum Gasteiger partial charge on any atom is -0.497 e. The third-order valence-corrected chi connectivity index (χ3v) is 4.56. The molecule has 28 heavy (non-hydrogen) atoms. The van der Waals surface area contributed by atoms with Gasteiger partial charge in [-0.3, -0.25) is 10.1 Å². The molecule has 6 nitrogen and oxygen atoms in total. The molecule has 3 rings (SSSR count). The summed E-state index contributed by atoms with van der Waals surface area (Å²) in [6, 6.07) is 15.7. The molecule has 0 aliphatic rings. The van der Waals surface area contributed by atoms with Gasteiger partial charge in [0.05, 0.1) is 18.1 Å². The SMILES string of the molecule is CCOCCCn1c(NC(=O)CCc2cccc(OC)c2)nc2ccccc21. The van der Waals surface area contributed by atoms with Gasteiger partial charge in [0.25, 0.3) is 0 Å². The van der Waals surface area contributed by atoms with Crippen LogP contribution in [-0.4, -0.2) is 35.8 Å². The van der Waals surface area contributed by atoms with Gasteiger partial charge in [0.15, 0.2) is 0 Å². The van der Waals surface area contributed by atoms with Crippen molar-refractivity contribution in [2.45, 2.75) is 32.7 Å². The number of nitrogens with one attached hydrogen (secondary N) is 1. The number of carbonyl (C=O) groups is 1. The van der Waals surface area contributed by atoms with Crippen LogP contribution in [0.15, 0.2) is 48.5 Å². The van der Waals surface area contributed by atoms with Crippen LogP contribution < -0.4 is 10.1 Å². The lowest BCUT2D eigenvalue weighted by molar-refractivity contribution is -0.116. The van der Waals surface area contributed by atoms with Gasteiger partial charge in [0, 0.05) is 26.2 Å². The number of amides is 1. The second-order valence-electron chi connectivity index (χ2n) is 6.53. The van der Waals surface area contributed by atoms with Crippen molar-refractivity contribution in [1.29, 1.82) is 0 Å². The van der Waals surface area contributed by atoms with E-state index in [4.69, 9.17) is 9.47 Å². The quantitative estimate of drug-likeness (QED) is 0.538. The molecule has 0 spiro atoms. The monoisotopic (exact) mass is 381 g/mol. The summed E-state index contributed by atoms with van der Waals surface area (Å²) in [5, 5.41) is 2.98. The van der Waals surface area contributed by atoms with Crippen LogP contribution in [0, 0.1) is 0 Å². The van der Waals surface area contributed by atoms with Crippen LogP contribution in [0.4, 0.5) is 5.95 Å². The Labute approximate surface area is 165 Å². The van der Waals surface area contributed by atoms with Crippen molar-refractivity contribution < 1.29 is 14.3 Å². The summed E-state index contributed by atoms with van der Waals surface area (Å²) >= 11 is 0. The topological polar surface area (TPSA) is 65.4 Å². The summed E-state index contributed by atoms with van der Waals surface area (Å²) in [5.41, 5.74) is 2.96. The number of aryl methyl sites for hydroxylation is 2. The number of aromatic nitrogens is 2. The van der Waals surface area contributed by atoms with Gasteiger partial charge in [-0.2, -0.15) is 0 Å². The molecule has 0 bridgehead atoms. The molecule has 0 fully saturated rings. The van der Waals surface area contributed by atoms with Crippen molar-refractivity contribution in [1.82, 2.24) is 9.55 Å². The smallest absolute Gasteiger partial charge is 0.227 e. The zero-order valence-electron chi connectivity index (χ0n) is 16.5. The average Bonchev–Trinajstić information content (AvgIpc) is 3.07. The van der Waals surface area contributed by atoms with Gasteiger partial charge in [-0.05, 0) is 49.6 Å². The third kappa shape index (κ3) is 5.10. The number of fused-ring (bicyclic) bond motifs is 1. The van der Waals surface area contributed by atoms with Gasteiger partial charge in [-0.25, -0.2) is 4.98 Å². The van der Waals surface area contributed by atoms with Gasteiger partial charge in [0.2, 0.25) is 11.9 Å². The predicted molar refractivity (Wildman–Crippen MR) is 111 cm³/mol. The molecule has 0 saturated carbocycles. The molecule has 1 amide bonds. The molecule has 0 atom stereocenters. The molecule has 0 aliphatic heterocycles. The highest BCUT2D eigenvalue weighted by atomic mass is 16.5. The summed E-state index contributed by atoms with van der Waals surface area (Å²) in [6.07, 6.45) is 1.89. The highest BCUT2D eigenvalue weighted by molar-refractivity contribution is 5.91. The Morgan fingerprint density at radius 1 is 1.18 bits per heavy atom. The first-order chi connectivity index (χ1) is 13.7. The van der Waals surface area contributed by atoms with Crippen molar-refractivity contribution in [2.24, 2.45) is 0 Å². The highest BCUT2D eigenvalue weighted by Crippen LogP contribution is 2.21. The molecule has 0 saturated heterocycles. The van der Waals surface area contributed by atoms with Crippen LogP contribution in [-0.2, 0) is 22.5 Å². The number of carbonyl (C=O) groups excluding carboxylic acids is 1. The molecule has 6 heteroatoms. The summed E-state index contributed by atoms with van der Waals surface area (Å²) < 4.78 is 12.7. The molecule has 2 aromatic carbocycles. The molecule has 148 valence electrons. The van der Waals surface area contributed by atoms with E-state index < -0.39 is 0 Å². The fourth-order valence-corrected chi connectivity index (χ4v) is 3.14. The number of nitrogens with zero attached hydrogens (tertiary/aromatic N) is 2. The number of imidazole rings is 1. The van der Waals surface area contributed by atoms with Crippen molar-refractivity contribution in [3.8, 4) is 5.75 Å². The highest BCUT2D eigenvalue weighted by Gasteiger charge is 2.13. The van der Waals surface area contributed by atoms with Crippen molar-refractivity contribution in [2.75, 3.05) is 25.6 Å². The lowest BCUT2D eigenvalue weighted by Crippen LogP contribution is -2.17. The fourth-order valence-electron chi connectivity index (χ4n) is 3.14. The van der Waals surface area contributed by atoms with Crippen molar-refractivity contribution >= 4 is 22.9 Å². The maximum absolute atomic E-state index is 12.5. The van der Waals surface area contributed by atoms with Crippen LogP contribution in [0.1, 0.15) is 25.3 Å². The van der Waals surface area contributed by atoms with Crippen LogP contribution >= 0.6 is 0 Å².